The van der Waals surface area contributed by atoms with Crippen LogP contribution in [0.2, 0.25) is 0 Å². The van der Waals surface area contributed by atoms with Crippen molar-refractivity contribution in [3.8, 4) is 0 Å². The number of hydrogen-bond donors (Lipinski definition) is 0. The number of rotatable bonds is 16. The zero-order chi connectivity index (χ0) is 31.9. The molecule has 0 N–H and O–H groups in total. The van der Waals surface area contributed by atoms with Crippen LogP contribution in [0.1, 0.15) is 54.4 Å². The molecule has 6 rings (SSSR count). The van der Waals surface area contributed by atoms with Crippen molar-refractivity contribution in [3.63, 3.8) is 0 Å². The Kier molecular flexibility index (Phi) is 13.0. The van der Waals surface area contributed by atoms with Gasteiger partial charge in [0.15, 0.2) is 6.29 Å². The summed E-state index contributed by atoms with van der Waals surface area (Å²) in [5.41, 5.74) is 4.35. The smallest absolute Gasteiger partial charge is 0.186 e. The van der Waals surface area contributed by atoms with Gasteiger partial charge < -0.3 is 28.4 Å². The van der Waals surface area contributed by atoms with E-state index in [1.807, 2.05) is 72.8 Å². The highest BCUT2D eigenvalue weighted by Gasteiger charge is 2.49. The van der Waals surface area contributed by atoms with Gasteiger partial charge in [-0.3, -0.25) is 0 Å². The molecule has 0 unspecified atom stereocenters. The monoisotopic (exact) mass is 636 g/mol. The minimum atomic E-state index is -0.636. The molecule has 1 aliphatic carbocycles. The molecule has 4 aromatic rings. The molecule has 1 aliphatic heterocycles. The van der Waals surface area contributed by atoms with E-state index in [2.05, 4.69) is 48.5 Å². The van der Waals surface area contributed by atoms with Crippen molar-refractivity contribution >= 4 is 0 Å². The van der Waals surface area contributed by atoms with Crippen molar-refractivity contribution in [2.45, 2.75) is 89.2 Å². The molecule has 0 radical (unpaired) electrons. The van der Waals surface area contributed by atoms with Crippen LogP contribution in [-0.2, 0) is 54.8 Å². The molecule has 0 spiro atoms. The van der Waals surface area contributed by atoms with Crippen LogP contribution in [0.3, 0.4) is 0 Å². The maximum Gasteiger partial charge on any atom is 0.186 e. The molecule has 6 heteroatoms. The fourth-order valence-electron chi connectivity index (χ4n) is 6.47. The Morgan fingerprint density at radius 2 is 0.894 bits per heavy atom. The molecular weight excluding hydrogens is 588 g/mol. The normalized spacial score (nSPS) is 23.4. The first-order chi connectivity index (χ1) is 23.3. The lowest BCUT2D eigenvalue weighted by Crippen LogP contribution is -2.62. The van der Waals surface area contributed by atoms with Gasteiger partial charge in [-0.25, -0.2) is 0 Å². The number of benzene rings is 4. The van der Waals surface area contributed by atoms with E-state index in [-0.39, 0.29) is 0 Å². The summed E-state index contributed by atoms with van der Waals surface area (Å²) in [4.78, 5) is 0. The van der Waals surface area contributed by atoms with E-state index in [0.29, 0.717) is 45.6 Å². The molecular formula is C41H48O6. The van der Waals surface area contributed by atoms with Crippen LogP contribution in [0.5, 0.6) is 0 Å². The van der Waals surface area contributed by atoms with Crippen LogP contribution < -0.4 is 0 Å². The van der Waals surface area contributed by atoms with Gasteiger partial charge in [-0.2, -0.15) is 0 Å². The van der Waals surface area contributed by atoms with Gasteiger partial charge in [0.05, 0.1) is 39.6 Å². The molecule has 47 heavy (non-hydrogen) atoms. The third kappa shape index (κ3) is 10.3. The lowest BCUT2D eigenvalue weighted by Gasteiger charge is -2.46. The topological polar surface area (TPSA) is 55.4 Å². The third-order valence-corrected chi connectivity index (χ3v) is 9.06. The van der Waals surface area contributed by atoms with Crippen molar-refractivity contribution in [1.82, 2.24) is 0 Å². The average Bonchev–Trinajstić information content (AvgIpc) is 3.14. The van der Waals surface area contributed by atoms with Gasteiger partial charge in [-0.1, -0.05) is 141 Å². The van der Waals surface area contributed by atoms with Gasteiger partial charge in [0.1, 0.15) is 24.4 Å². The van der Waals surface area contributed by atoms with Crippen LogP contribution >= 0.6 is 0 Å². The maximum absolute atomic E-state index is 6.82. The summed E-state index contributed by atoms with van der Waals surface area (Å²) < 4.78 is 40.1. The van der Waals surface area contributed by atoms with Crippen LogP contribution in [0.15, 0.2) is 121 Å². The number of hydrogen-bond acceptors (Lipinski definition) is 6. The first kappa shape index (κ1) is 33.5. The summed E-state index contributed by atoms with van der Waals surface area (Å²) in [6.07, 6.45) is 3.64. The first-order valence-electron chi connectivity index (χ1n) is 17.2. The summed E-state index contributed by atoms with van der Waals surface area (Å²) in [5.74, 6) is 0.519. The average molecular weight is 637 g/mol. The molecule has 0 bridgehead atoms. The van der Waals surface area contributed by atoms with E-state index in [9.17, 15) is 0 Å². The Balaban J connectivity index is 1.27. The first-order valence-corrected chi connectivity index (χ1v) is 17.2. The molecule has 0 amide bonds. The van der Waals surface area contributed by atoms with Crippen LogP contribution in [0.4, 0.5) is 0 Å². The minimum absolute atomic E-state index is 0.328. The second kappa shape index (κ2) is 18.3. The molecule has 2 fully saturated rings. The lowest BCUT2D eigenvalue weighted by atomic mass is 9.90. The summed E-state index contributed by atoms with van der Waals surface area (Å²) in [7, 11) is 0. The highest BCUT2D eigenvalue weighted by atomic mass is 16.7. The lowest BCUT2D eigenvalue weighted by molar-refractivity contribution is -0.330. The van der Waals surface area contributed by atoms with E-state index >= 15 is 0 Å². The predicted octanol–water partition coefficient (Wildman–Crippen LogP) is 8.28. The Labute approximate surface area is 279 Å². The van der Waals surface area contributed by atoms with E-state index in [1.54, 1.807) is 0 Å². The van der Waals surface area contributed by atoms with E-state index in [1.165, 1.54) is 32.1 Å². The Hall–Kier alpha value is -3.36. The van der Waals surface area contributed by atoms with Crippen LogP contribution in [0.25, 0.3) is 0 Å². The molecule has 1 heterocycles. The van der Waals surface area contributed by atoms with Crippen LogP contribution in [-0.4, -0.2) is 43.9 Å². The molecule has 0 aromatic heterocycles. The van der Waals surface area contributed by atoms with Crippen molar-refractivity contribution < 1.29 is 28.4 Å². The molecule has 1 saturated carbocycles. The Bertz CT molecular complexity index is 1400. The molecule has 1 saturated heterocycles. The summed E-state index contributed by atoms with van der Waals surface area (Å²) >= 11 is 0. The third-order valence-electron chi connectivity index (χ3n) is 9.06. The minimum Gasteiger partial charge on any atom is -0.374 e. The van der Waals surface area contributed by atoms with Gasteiger partial charge in [0.2, 0.25) is 0 Å². The predicted molar refractivity (Wildman–Crippen MR) is 182 cm³/mol. The summed E-state index contributed by atoms with van der Waals surface area (Å²) in [6.45, 7) is 2.67. The van der Waals surface area contributed by atoms with Crippen molar-refractivity contribution in [2.24, 2.45) is 5.92 Å². The Morgan fingerprint density at radius 3 is 1.40 bits per heavy atom. The molecule has 4 aromatic carbocycles. The Morgan fingerprint density at radius 1 is 0.447 bits per heavy atom. The molecule has 2 aliphatic rings. The van der Waals surface area contributed by atoms with Gasteiger partial charge in [-0.05, 0) is 41.0 Å². The van der Waals surface area contributed by atoms with Crippen molar-refractivity contribution in [2.75, 3.05) is 13.2 Å². The van der Waals surface area contributed by atoms with Gasteiger partial charge in [0, 0.05) is 0 Å². The highest BCUT2D eigenvalue weighted by molar-refractivity contribution is 5.16. The standard InChI is InChI=1S/C41H48O6/c1-6-16-32(17-7-1)26-42-31-37-38(43-27-33-18-8-2-9-19-33)39(44-28-34-20-10-3-11-21-34)40(45-29-35-22-12-4-13-23-35)41(47-37)46-30-36-24-14-5-15-25-36/h1-4,6-13,16-23,36-41H,5,14-15,24-31H2/t37-,38+,39+,40-,41+/m1/s1. The molecule has 248 valence electrons. The highest BCUT2D eigenvalue weighted by Crippen LogP contribution is 2.33. The van der Waals surface area contributed by atoms with Gasteiger partial charge in [0.25, 0.3) is 0 Å². The van der Waals surface area contributed by atoms with Gasteiger partial charge in [-0.15, -0.1) is 0 Å². The maximum atomic E-state index is 6.82. The van der Waals surface area contributed by atoms with E-state index in [4.69, 9.17) is 28.4 Å². The second-order valence-electron chi connectivity index (χ2n) is 12.7. The zero-order valence-electron chi connectivity index (χ0n) is 27.2. The largest absolute Gasteiger partial charge is 0.374 e. The fraction of sp³-hybridized carbons (Fsp3) is 0.415. The zero-order valence-corrected chi connectivity index (χ0v) is 27.2. The molecule has 5 atom stereocenters. The fourth-order valence-corrected chi connectivity index (χ4v) is 6.47. The quantitative estimate of drug-likeness (QED) is 0.123. The summed E-state index contributed by atoms with van der Waals surface area (Å²) in [6, 6.07) is 40.9. The van der Waals surface area contributed by atoms with Crippen LogP contribution in [0, 0.1) is 5.92 Å². The molecule has 6 nitrogen and oxygen atoms in total. The van der Waals surface area contributed by atoms with Gasteiger partial charge >= 0.3 is 0 Å². The number of ether oxygens (including phenoxy) is 6. The summed E-state index contributed by atoms with van der Waals surface area (Å²) in [5, 5.41) is 0. The van der Waals surface area contributed by atoms with Crippen molar-refractivity contribution in [3.05, 3.63) is 144 Å². The van der Waals surface area contributed by atoms with E-state index < -0.39 is 30.7 Å². The van der Waals surface area contributed by atoms with Crippen molar-refractivity contribution in [1.29, 1.82) is 0 Å². The van der Waals surface area contributed by atoms with E-state index in [0.717, 1.165) is 22.3 Å². The SMILES string of the molecule is c1ccc(COC[C@H]2O[C@H](OCC3CCCCC3)[C@H](OCc3ccccc3)[C@@H](OCc3ccccc3)[C@H]2OCc2ccccc2)cc1. The second-order valence-corrected chi connectivity index (χ2v) is 12.7.